The Morgan fingerprint density at radius 2 is 1.97 bits per heavy atom. The van der Waals surface area contributed by atoms with Crippen LogP contribution in [0.5, 0.6) is 5.75 Å². The number of benzene rings is 2. The zero-order valence-electron chi connectivity index (χ0n) is 18.7. The van der Waals surface area contributed by atoms with Crippen molar-refractivity contribution in [1.29, 1.82) is 0 Å². The van der Waals surface area contributed by atoms with Gasteiger partial charge in [-0.15, -0.1) is 15.3 Å². The highest BCUT2D eigenvalue weighted by Gasteiger charge is 2.33. The van der Waals surface area contributed by atoms with Crippen molar-refractivity contribution in [1.82, 2.24) is 29.6 Å². The first-order valence-corrected chi connectivity index (χ1v) is 11.1. The van der Waals surface area contributed by atoms with E-state index in [1.54, 1.807) is 33.5 Å². The number of nitrogens with one attached hydrogen (secondary N) is 1. The van der Waals surface area contributed by atoms with Crippen LogP contribution in [0.2, 0.25) is 0 Å². The first-order chi connectivity index (χ1) is 17.0. The number of aromatic nitrogens is 6. The molecule has 5 aromatic rings. The van der Waals surface area contributed by atoms with E-state index in [1.165, 1.54) is 18.5 Å². The smallest absolute Gasteiger partial charge is 0.226 e. The molecule has 1 aliphatic rings. The number of fused-ring (bicyclic) bond motifs is 2. The van der Waals surface area contributed by atoms with Crippen molar-refractivity contribution >= 4 is 17.4 Å². The van der Waals surface area contributed by atoms with Crippen LogP contribution in [-0.4, -0.2) is 35.5 Å². The maximum atomic E-state index is 13.2. The number of hydrogen-bond donors (Lipinski definition) is 1. The Labute approximate surface area is 199 Å². The summed E-state index contributed by atoms with van der Waals surface area (Å²) in [6.45, 7) is 2.24. The van der Waals surface area contributed by atoms with Gasteiger partial charge in [0.15, 0.2) is 11.5 Å². The summed E-state index contributed by atoms with van der Waals surface area (Å²) < 4.78 is 22.3. The predicted molar refractivity (Wildman–Crippen MR) is 125 cm³/mol. The number of carbonyl (C=O) groups is 1. The van der Waals surface area contributed by atoms with Crippen LogP contribution < -0.4 is 10.1 Å². The van der Waals surface area contributed by atoms with Crippen LogP contribution >= 0.6 is 0 Å². The molecule has 1 amide bonds. The quantitative estimate of drug-likeness (QED) is 0.420. The van der Waals surface area contributed by atoms with Crippen molar-refractivity contribution in [2.45, 2.75) is 25.9 Å². The molecule has 0 aliphatic carbocycles. The molecule has 9 nitrogen and oxygen atoms in total. The molecular weight excluding hydrogens is 449 g/mol. The number of hydrogen-bond acceptors (Lipinski definition) is 6. The molecule has 35 heavy (non-hydrogen) atoms. The van der Waals surface area contributed by atoms with E-state index in [1.807, 2.05) is 31.2 Å². The van der Waals surface area contributed by atoms with Gasteiger partial charge in [0.2, 0.25) is 5.91 Å². The zero-order chi connectivity index (χ0) is 23.9. The number of halogens is 1. The fourth-order valence-electron chi connectivity index (χ4n) is 4.40. The van der Waals surface area contributed by atoms with E-state index < -0.39 is 0 Å². The van der Waals surface area contributed by atoms with Crippen molar-refractivity contribution in [2.75, 3.05) is 5.32 Å². The summed E-state index contributed by atoms with van der Waals surface area (Å²) in [5.41, 5.74) is 4.17. The summed E-state index contributed by atoms with van der Waals surface area (Å²) in [6, 6.07) is 17.5. The van der Waals surface area contributed by atoms with Gasteiger partial charge in [0, 0.05) is 17.9 Å². The molecule has 0 radical (unpaired) electrons. The number of anilines is 1. The number of amides is 1. The Bertz CT molecular complexity index is 1560. The van der Waals surface area contributed by atoms with Gasteiger partial charge in [-0.1, -0.05) is 24.3 Å². The summed E-state index contributed by atoms with van der Waals surface area (Å²) in [4.78, 5) is 12.7. The molecule has 174 valence electrons. The lowest BCUT2D eigenvalue weighted by Gasteiger charge is -2.24. The third-order valence-corrected chi connectivity index (χ3v) is 6.05. The minimum atomic E-state index is -0.283. The summed E-state index contributed by atoms with van der Waals surface area (Å²) in [6.07, 6.45) is 1.80. The van der Waals surface area contributed by atoms with Gasteiger partial charge in [-0.05, 0) is 54.4 Å². The van der Waals surface area contributed by atoms with E-state index in [0.717, 1.165) is 22.4 Å². The van der Waals surface area contributed by atoms with Gasteiger partial charge >= 0.3 is 0 Å². The Balaban J connectivity index is 1.33. The number of nitrogens with zero attached hydrogens (tertiary/aromatic N) is 6. The molecule has 0 spiro atoms. The van der Waals surface area contributed by atoms with Crippen LogP contribution in [0.4, 0.5) is 10.2 Å². The topological polar surface area (TPSA) is 99.2 Å². The summed E-state index contributed by atoms with van der Waals surface area (Å²) in [7, 11) is 0. The van der Waals surface area contributed by atoms with Crippen LogP contribution in [-0.2, 0) is 11.4 Å². The lowest BCUT2D eigenvalue weighted by atomic mass is 9.86. The molecule has 6 rings (SSSR count). The van der Waals surface area contributed by atoms with Crippen molar-refractivity contribution in [3.63, 3.8) is 0 Å². The highest BCUT2D eigenvalue weighted by atomic mass is 19.1. The number of ether oxygens (including phenoxy) is 1. The summed E-state index contributed by atoms with van der Waals surface area (Å²) in [5, 5.41) is 20.0. The largest absolute Gasteiger partial charge is 0.489 e. The highest BCUT2D eigenvalue weighted by molar-refractivity contribution is 5.95. The molecular formula is C25H20FN7O2. The highest BCUT2D eigenvalue weighted by Crippen LogP contribution is 2.40. The molecule has 10 heteroatoms. The minimum Gasteiger partial charge on any atom is -0.489 e. The molecule has 1 N–H and O–H groups in total. The van der Waals surface area contributed by atoms with Crippen LogP contribution in [0.1, 0.15) is 34.7 Å². The second-order valence-corrected chi connectivity index (χ2v) is 8.38. The molecule has 1 aliphatic heterocycles. The van der Waals surface area contributed by atoms with E-state index in [-0.39, 0.29) is 17.6 Å². The van der Waals surface area contributed by atoms with E-state index in [0.29, 0.717) is 36.1 Å². The Hall–Kier alpha value is -4.60. The van der Waals surface area contributed by atoms with Gasteiger partial charge in [0.1, 0.15) is 30.3 Å². The fourth-order valence-corrected chi connectivity index (χ4v) is 4.40. The predicted octanol–water partition coefficient (Wildman–Crippen LogP) is 3.81. The second kappa shape index (κ2) is 8.32. The average Bonchev–Trinajstić information content (AvgIpc) is 3.47. The first kappa shape index (κ1) is 21.0. The standard InChI is InChI=1S/C25H20FN7O2/c1-15-24-20(17-3-2-4-19(11-17)35-13-16-5-7-18(26)8-6-16)12-23(34)28-25(24)33(30-15)22-10-9-21-29-27-14-32(21)31-22/h2-11,14,20H,12-13H2,1H3,(H,28,34)/t20-/m0/s1. The van der Waals surface area contributed by atoms with Crippen LogP contribution in [0.3, 0.4) is 0 Å². The lowest BCUT2D eigenvalue weighted by Crippen LogP contribution is -2.25. The van der Waals surface area contributed by atoms with Crippen LogP contribution in [0.15, 0.2) is 67.0 Å². The fraction of sp³-hybridized carbons (Fsp3) is 0.160. The maximum Gasteiger partial charge on any atom is 0.226 e. The number of aryl methyl sites for hydroxylation is 1. The average molecular weight is 469 g/mol. The van der Waals surface area contributed by atoms with Crippen LogP contribution in [0, 0.1) is 12.7 Å². The van der Waals surface area contributed by atoms with Gasteiger partial charge in [-0.25, -0.2) is 4.39 Å². The van der Waals surface area contributed by atoms with Gasteiger partial charge in [-0.2, -0.15) is 14.3 Å². The third kappa shape index (κ3) is 3.88. The van der Waals surface area contributed by atoms with Gasteiger partial charge < -0.3 is 10.1 Å². The maximum absolute atomic E-state index is 13.2. The molecule has 0 unspecified atom stereocenters. The van der Waals surface area contributed by atoms with Crippen molar-refractivity contribution in [2.24, 2.45) is 0 Å². The monoisotopic (exact) mass is 469 g/mol. The van der Waals surface area contributed by atoms with E-state index in [4.69, 9.17) is 9.84 Å². The third-order valence-electron chi connectivity index (χ3n) is 6.05. The van der Waals surface area contributed by atoms with Crippen LogP contribution in [0.25, 0.3) is 11.5 Å². The lowest BCUT2D eigenvalue weighted by molar-refractivity contribution is -0.116. The van der Waals surface area contributed by atoms with E-state index >= 15 is 0 Å². The van der Waals surface area contributed by atoms with Gasteiger partial charge in [0.05, 0.1) is 5.69 Å². The molecule has 1 atom stereocenters. The number of carbonyl (C=O) groups excluding carboxylic acids is 1. The van der Waals surface area contributed by atoms with E-state index in [9.17, 15) is 9.18 Å². The second-order valence-electron chi connectivity index (χ2n) is 8.38. The van der Waals surface area contributed by atoms with Gasteiger partial charge in [0.25, 0.3) is 0 Å². The molecule has 0 saturated heterocycles. The number of rotatable bonds is 5. The molecule has 4 heterocycles. The Morgan fingerprint density at radius 3 is 2.83 bits per heavy atom. The SMILES string of the molecule is Cc1nn(-c2ccc3nncn3n2)c2c1[C@H](c1cccc(OCc3ccc(F)cc3)c1)CC(=O)N2. The van der Waals surface area contributed by atoms with Crippen molar-refractivity contribution in [3.05, 3.63) is 95.2 Å². The summed E-state index contributed by atoms with van der Waals surface area (Å²) >= 11 is 0. The molecule has 2 aromatic carbocycles. The van der Waals surface area contributed by atoms with Crippen molar-refractivity contribution in [3.8, 4) is 11.6 Å². The van der Waals surface area contributed by atoms with Gasteiger partial charge in [-0.3, -0.25) is 4.79 Å². The molecule has 0 saturated carbocycles. The van der Waals surface area contributed by atoms with E-state index in [2.05, 4.69) is 20.6 Å². The minimum absolute atomic E-state index is 0.105. The molecule has 0 bridgehead atoms. The molecule has 3 aromatic heterocycles. The Kier molecular flexibility index (Phi) is 4.98. The Morgan fingerprint density at radius 1 is 1.11 bits per heavy atom. The zero-order valence-corrected chi connectivity index (χ0v) is 18.7. The normalized spacial score (nSPS) is 15.1. The summed E-state index contributed by atoms with van der Waals surface area (Å²) in [5.74, 6) is 1.23. The van der Waals surface area contributed by atoms with Crippen molar-refractivity contribution < 1.29 is 13.9 Å². The molecule has 0 fully saturated rings. The first-order valence-electron chi connectivity index (χ1n) is 11.1.